The number of hydrogen-bond acceptors (Lipinski definition) is 3. The summed E-state index contributed by atoms with van der Waals surface area (Å²) in [5.41, 5.74) is 0.667. The van der Waals surface area contributed by atoms with Crippen molar-refractivity contribution in [2.75, 3.05) is 7.11 Å². The molecule has 3 nitrogen and oxygen atoms in total. The summed E-state index contributed by atoms with van der Waals surface area (Å²) >= 11 is 0. The van der Waals surface area contributed by atoms with Crippen molar-refractivity contribution in [1.29, 1.82) is 0 Å². The highest BCUT2D eigenvalue weighted by Gasteiger charge is 2.23. The Morgan fingerprint density at radius 2 is 1.85 bits per heavy atom. The van der Waals surface area contributed by atoms with E-state index in [1.165, 1.54) is 6.42 Å². The van der Waals surface area contributed by atoms with Gasteiger partial charge in [0.05, 0.1) is 7.11 Å². The van der Waals surface area contributed by atoms with Gasteiger partial charge in [0.2, 0.25) is 0 Å². The van der Waals surface area contributed by atoms with Gasteiger partial charge in [-0.25, -0.2) is 0 Å². The third kappa shape index (κ3) is 3.92. The predicted octanol–water partition coefficient (Wildman–Crippen LogP) is 3.81. The van der Waals surface area contributed by atoms with Gasteiger partial charge in [0.15, 0.2) is 5.78 Å². The van der Waals surface area contributed by atoms with Crippen molar-refractivity contribution in [3.63, 3.8) is 0 Å². The quantitative estimate of drug-likeness (QED) is 0.784. The van der Waals surface area contributed by atoms with Gasteiger partial charge in [0, 0.05) is 24.3 Å². The number of ketones is 2. The number of carbonyl (C=O) groups excluding carboxylic acids is 2. The van der Waals surface area contributed by atoms with E-state index in [0.717, 1.165) is 31.4 Å². The van der Waals surface area contributed by atoms with Gasteiger partial charge in [-0.3, -0.25) is 9.59 Å². The molecule has 0 amide bonds. The molecule has 0 aliphatic heterocycles. The lowest BCUT2D eigenvalue weighted by atomic mass is 9.85. The summed E-state index contributed by atoms with van der Waals surface area (Å²) in [5, 5.41) is 0. The maximum atomic E-state index is 12.3. The SMILES string of the molecule is COc1ccc(C(=O)CC2CCCCCCC2=O)cc1. The molecular formula is C17H22O3. The minimum Gasteiger partial charge on any atom is -0.497 e. The number of Topliss-reactive ketones (excluding diaryl/α,β-unsaturated/α-hetero) is 2. The highest BCUT2D eigenvalue weighted by atomic mass is 16.5. The summed E-state index contributed by atoms with van der Waals surface area (Å²) in [6, 6.07) is 7.11. The Labute approximate surface area is 120 Å². The van der Waals surface area contributed by atoms with Crippen LogP contribution in [-0.2, 0) is 4.79 Å². The van der Waals surface area contributed by atoms with Crippen LogP contribution < -0.4 is 4.74 Å². The van der Waals surface area contributed by atoms with Crippen LogP contribution >= 0.6 is 0 Å². The van der Waals surface area contributed by atoms with E-state index < -0.39 is 0 Å². The lowest BCUT2D eigenvalue weighted by Crippen LogP contribution is -2.20. The number of benzene rings is 1. The normalized spacial score (nSPS) is 20.1. The minimum atomic E-state index is -0.0788. The molecule has 0 bridgehead atoms. The molecule has 1 aromatic rings. The van der Waals surface area contributed by atoms with Crippen LogP contribution in [0.3, 0.4) is 0 Å². The molecule has 0 heterocycles. The van der Waals surface area contributed by atoms with Crippen LogP contribution in [0.2, 0.25) is 0 Å². The third-order valence-electron chi connectivity index (χ3n) is 4.02. The van der Waals surface area contributed by atoms with Crippen molar-refractivity contribution in [2.45, 2.75) is 44.9 Å². The Morgan fingerprint density at radius 1 is 1.15 bits per heavy atom. The van der Waals surface area contributed by atoms with Crippen LogP contribution in [0.15, 0.2) is 24.3 Å². The highest BCUT2D eigenvalue weighted by Crippen LogP contribution is 2.24. The van der Waals surface area contributed by atoms with E-state index in [4.69, 9.17) is 4.74 Å². The zero-order chi connectivity index (χ0) is 14.4. The fourth-order valence-electron chi connectivity index (χ4n) is 2.74. The minimum absolute atomic E-state index is 0.0616. The van der Waals surface area contributed by atoms with E-state index in [1.807, 2.05) is 0 Å². The number of hydrogen-bond donors (Lipinski definition) is 0. The first-order chi connectivity index (χ1) is 9.70. The molecule has 1 fully saturated rings. The van der Waals surface area contributed by atoms with Gasteiger partial charge in [0.1, 0.15) is 11.5 Å². The second kappa shape index (κ2) is 7.22. The zero-order valence-corrected chi connectivity index (χ0v) is 12.1. The molecule has 1 saturated carbocycles. The molecule has 1 aliphatic rings. The fraction of sp³-hybridized carbons (Fsp3) is 0.529. The molecule has 1 aliphatic carbocycles. The smallest absolute Gasteiger partial charge is 0.163 e. The molecule has 1 aromatic carbocycles. The summed E-state index contributed by atoms with van der Waals surface area (Å²) in [5.74, 6) is 0.992. The second-order valence-electron chi connectivity index (χ2n) is 5.47. The van der Waals surface area contributed by atoms with Crippen molar-refractivity contribution in [3.8, 4) is 5.75 Å². The van der Waals surface area contributed by atoms with E-state index in [2.05, 4.69) is 0 Å². The summed E-state index contributed by atoms with van der Waals surface area (Å²) in [7, 11) is 1.60. The summed E-state index contributed by atoms with van der Waals surface area (Å²) in [6.07, 6.45) is 6.22. The zero-order valence-electron chi connectivity index (χ0n) is 12.1. The Morgan fingerprint density at radius 3 is 2.55 bits per heavy atom. The Hall–Kier alpha value is -1.64. The van der Waals surface area contributed by atoms with Gasteiger partial charge in [-0.1, -0.05) is 19.3 Å². The van der Waals surface area contributed by atoms with Gasteiger partial charge in [-0.05, 0) is 37.1 Å². The van der Waals surface area contributed by atoms with E-state index in [0.29, 0.717) is 18.4 Å². The number of ether oxygens (including phenoxy) is 1. The summed E-state index contributed by atoms with van der Waals surface area (Å²) in [4.78, 5) is 24.3. The highest BCUT2D eigenvalue weighted by molar-refractivity contribution is 5.99. The second-order valence-corrected chi connectivity index (χ2v) is 5.47. The van der Waals surface area contributed by atoms with E-state index in [1.54, 1.807) is 31.4 Å². The van der Waals surface area contributed by atoms with E-state index in [9.17, 15) is 9.59 Å². The standard InChI is InChI=1S/C17H22O3/c1-20-15-10-8-13(9-11-15)17(19)12-14-6-4-2-3-5-7-16(14)18/h8-11,14H,2-7,12H2,1H3. The van der Waals surface area contributed by atoms with Gasteiger partial charge >= 0.3 is 0 Å². The topological polar surface area (TPSA) is 43.4 Å². The van der Waals surface area contributed by atoms with Crippen LogP contribution in [-0.4, -0.2) is 18.7 Å². The molecule has 1 atom stereocenters. The first kappa shape index (κ1) is 14.8. The van der Waals surface area contributed by atoms with Gasteiger partial charge in [-0.2, -0.15) is 0 Å². The molecule has 1 unspecified atom stereocenters. The summed E-state index contributed by atoms with van der Waals surface area (Å²) in [6.45, 7) is 0. The monoisotopic (exact) mass is 274 g/mol. The molecule has 20 heavy (non-hydrogen) atoms. The number of carbonyl (C=O) groups is 2. The molecule has 0 radical (unpaired) electrons. The van der Waals surface area contributed by atoms with E-state index >= 15 is 0 Å². The van der Waals surface area contributed by atoms with Crippen molar-refractivity contribution in [3.05, 3.63) is 29.8 Å². The van der Waals surface area contributed by atoms with E-state index in [-0.39, 0.29) is 17.5 Å². The van der Waals surface area contributed by atoms with Crippen LogP contribution in [0.25, 0.3) is 0 Å². The largest absolute Gasteiger partial charge is 0.497 e. The van der Waals surface area contributed by atoms with Crippen LogP contribution in [0, 0.1) is 5.92 Å². The number of methoxy groups -OCH3 is 1. The first-order valence-electron chi connectivity index (χ1n) is 7.40. The Kier molecular flexibility index (Phi) is 5.33. The van der Waals surface area contributed by atoms with Gasteiger partial charge in [-0.15, -0.1) is 0 Å². The lowest BCUT2D eigenvalue weighted by molar-refractivity contribution is -0.123. The molecule has 0 saturated heterocycles. The third-order valence-corrected chi connectivity index (χ3v) is 4.02. The molecule has 2 rings (SSSR count). The molecule has 0 aromatic heterocycles. The first-order valence-corrected chi connectivity index (χ1v) is 7.40. The molecular weight excluding hydrogens is 252 g/mol. The van der Waals surface area contributed by atoms with Crippen LogP contribution in [0.4, 0.5) is 0 Å². The van der Waals surface area contributed by atoms with Crippen molar-refractivity contribution < 1.29 is 14.3 Å². The number of rotatable bonds is 4. The van der Waals surface area contributed by atoms with Crippen molar-refractivity contribution in [2.24, 2.45) is 5.92 Å². The van der Waals surface area contributed by atoms with Crippen LogP contribution in [0.5, 0.6) is 5.75 Å². The maximum absolute atomic E-state index is 12.3. The summed E-state index contributed by atoms with van der Waals surface area (Å²) < 4.78 is 5.08. The molecule has 0 spiro atoms. The Bertz CT molecular complexity index is 462. The van der Waals surface area contributed by atoms with Crippen molar-refractivity contribution >= 4 is 11.6 Å². The molecule has 0 N–H and O–H groups in total. The Balaban J connectivity index is 1.99. The lowest BCUT2D eigenvalue weighted by Gasteiger charge is -2.17. The van der Waals surface area contributed by atoms with Gasteiger partial charge in [0.25, 0.3) is 0 Å². The van der Waals surface area contributed by atoms with Crippen LogP contribution in [0.1, 0.15) is 55.3 Å². The fourth-order valence-corrected chi connectivity index (χ4v) is 2.74. The van der Waals surface area contributed by atoms with Gasteiger partial charge < -0.3 is 4.74 Å². The van der Waals surface area contributed by atoms with Crippen molar-refractivity contribution in [1.82, 2.24) is 0 Å². The average Bonchev–Trinajstić information content (AvgIpc) is 2.47. The molecule has 108 valence electrons. The average molecular weight is 274 g/mol. The predicted molar refractivity (Wildman–Crippen MR) is 78.1 cm³/mol. The maximum Gasteiger partial charge on any atom is 0.163 e. The molecule has 3 heteroatoms.